The first kappa shape index (κ1) is 10.7. The highest BCUT2D eigenvalue weighted by Gasteiger charge is 2.25. The average Bonchev–Trinajstić information content (AvgIpc) is 2.29. The molecule has 2 rings (SSSR count). The zero-order valence-electron chi connectivity index (χ0n) is 8.95. The molecular formula is C10H18N3O2. The smallest absolute Gasteiger partial charge is 0.320 e. The van der Waals surface area contributed by atoms with Crippen LogP contribution in [-0.2, 0) is 4.74 Å². The van der Waals surface area contributed by atoms with Crippen molar-refractivity contribution in [3.8, 4) is 0 Å². The Kier molecular flexibility index (Phi) is 3.43. The third-order valence-corrected chi connectivity index (χ3v) is 2.81. The van der Waals surface area contributed by atoms with E-state index in [0.717, 1.165) is 13.1 Å². The number of rotatable bonds is 0. The number of hydrogen-bond acceptors (Lipinski definition) is 3. The Labute approximate surface area is 90.4 Å². The number of morpholine rings is 1. The Balaban J connectivity index is 1.88. The van der Waals surface area contributed by atoms with Crippen LogP contribution in [0.4, 0.5) is 4.79 Å². The van der Waals surface area contributed by atoms with Crippen molar-refractivity contribution >= 4 is 6.03 Å². The van der Waals surface area contributed by atoms with Crippen molar-refractivity contribution in [2.24, 2.45) is 0 Å². The van der Waals surface area contributed by atoms with Crippen molar-refractivity contribution in [1.82, 2.24) is 15.1 Å². The number of hydrogen-bond donors (Lipinski definition) is 1. The van der Waals surface area contributed by atoms with E-state index in [4.69, 9.17) is 4.74 Å². The molecule has 5 heteroatoms. The van der Waals surface area contributed by atoms with E-state index >= 15 is 0 Å². The lowest BCUT2D eigenvalue weighted by Crippen LogP contribution is -2.56. The molecule has 1 unspecified atom stereocenters. The minimum Gasteiger partial charge on any atom is -0.378 e. The summed E-state index contributed by atoms with van der Waals surface area (Å²) in [5, 5.41) is 3.22. The van der Waals surface area contributed by atoms with Gasteiger partial charge in [-0.05, 0) is 6.92 Å². The quantitative estimate of drug-likeness (QED) is 0.591. The van der Waals surface area contributed by atoms with Crippen LogP contribution in [0.2, 0.25) is 0 Å². The van der Waals surface area contributed by atoms with E-state index in [1.807, 2.05) is 9.80 Å². The number of carbonyl (C=O) groups excluding carboxylic acids is 1. The van der Waals surface area contributed by atoms with Crippen molar-refractivity contribution in [3.63, 3.8) is 0 Å². The zero-order chi connectivity index (χ0) is 10.7. The van der Waals surface area contributed by atoms with Crippen LogP contribution in [0, 0.1) is 6.92 Å². The van der Waals surface area contributed by atoms with Gasteiger partial charge in [0.1, 0.15) is 0 Å². The highest BCUT2D eigenvalue weighted by molar-refractivity contribution is 5.74. The molecular weight excluding hydrogens is 194 g/mol. The highest BCUT2D eigenvalue weighted by atomic mass is 16.5. The average molecular weight is 212 g/mol. The van der Waals surface area contributed by atoms with Crippen LogP contribution in [0.25, 0.3) is 0 Å². The maximum Gasteiger partial charge on any atom is 0.320 e. The molecule has 15 heavy (non-hydrogen) atoms. The van der Waals surface area contributed by atoms with Crippen LogP contribution in [0.15, 0.2) is 0 Å². The summed E-state index contributed by atoms with van der Waals surface area (Å²) in [7, 11) is 0. The van der Waals surface area contributed by atoms with Gasteiger partial charge >= 0.3 is 6.03 Å². The Hall–Kier alpha value is -0.810. The molecule has 2 saturated heterocycles. The predicted octanol–water partition coefficient (Wildman–Crippen LogP) is -0.454. The SMILES string of the molecule is [CH2]C1CN(C(=O)N2CCOCC2)CCN1. The molecule has 0 bridgehead atoms. The number of urea groups is 1. The van der Waals surface area contributed by atoms with E-state index in [2.05, 4.69) is 12.2 Å². The van der Waals surface area contributed by atoms with E-state index in [-0.39, 0.29) is 12.1 Å². The van der Waals surface area contributed by atoms with Gasteiger partial charge in [0.2, 0.25) is 0 Å². The molecule has 5 nitrogen and oxygen atoms in total. The number of nitrogens with zero attached hydrogens (tertiary/aromatic N) is 2. The first-order chi connectivity index (χ1) is 7.27. The second kappa shape index (κ2) is 4.81. The Morgan fingerprint density at radius 2 is 2.00 bits per heavy atom. The van der Waals surface area contributed by atoms with E-state index in [1.54, 1.807) is 0 Å². The fourth-order valence-corrected chi connectivity index (χ4v) is 1.95. The van der Waals surface area contributed by atoms with Gasteiger partial charge in [-0.1, -0.05) is 0 Å². The Bertz CT molecular complexity index is 229. The van der Waals surface area contributed by atoms with Gasteiger partial charge in [-0.15, -0.1) is 0 Å². The molecule has 1 N–H and O–H groups in total. The topological polar surface area (TPSA) is 44.8 Å². The monoisotopic (exact) mass is 212 g/mol. The molecule has 0 saturated carbocycles. The second-order valence-corrected chi connectivity index (χ2v) is 3.98. The molecule has 0 aromatic rings. The van der Waals surface area contributed by atoms with Crippen molar-refractivity contribution in [1.29, 1.82) is 0 Å². The number of carbonyl (C=O) groups is 1. The van der Waals surface area contributed by atoms with Gasteiger partial charge < -0.3 is 19.9 Å². The summed E-state index contributed by atoms with van der Waals surface area (Å²) in [6.45, 7) is 8.99. The maximum absolute atomic E-state index is 12.0. The van der Waals surface area contributed by atoms with E-state index < -0.39 is 0 Å². The predicted molar refractivity (Wildman–Crippen MR) is 56.5 cm³/mol. The van der Waals surface area contributed by atoms with Gasteiger partial charge in [0.15, 0.2) is 0 Å². The summed E-state index contributed by atoms with van der Waals surface area (Å²) in [6, 6.07) is 0.289. The normalized spacial score (nSPS) is 27.9. The molecule has 2 amide bonds. The molecule has 1 radical (unpaired) electrons. The van der Waals surface area contributed by atoms with Gasteiger partial charge in [-0.25, -0.2) is 4.79 Å². The number of ether oxygens (including phenoxy) is 1. The highest BCUT2D eigenvalue weighted by Crippen LogP contribution is 2.06. The molecule has 0 aromatic carbocycles. The Morgan fingerprint density at radius 3 is 2.67 bits per heavy atom. The van der Waals surface area contributed by atoms with Crippen LogP contribution in [-0.4, -0.2) is 67.8 Å². The second-order valence-electron chi connectivity index (χ2n) is 3.98. The first-order valence-corrected chi connectivity index (χ1v) is 5.45. The first-order valence-electron chi connectivity index (χ1n) is 5.45. The standard InChI is InChI=1S/C10H18N3O2/c1-9-8-13(3-2-11-9)10(14)12-4-6-15-7-5-12/h9,11H,1-8H2. The molecule has 0 spiro atoms. The fraction of sp³-hybridized carbons (Fsp3) is 0.800. The van der Waals surface area contributed by atoms with Gasteiger partial charge in [0.05, 0.1) is 13.2 Å². The summed E-state index contributed by atoms with van der Waals surface area (Å²) < 4.78 is 5.22. The lowest BCUT2D eigenvalue weighted by molar-refractivity contribution is 0.0414. The summed E-state index contributed by atoms with van der Waals surface area (Å²) in [5.41, 5.74) is 0. The summed E-state index contributed by atoms with van der Waals surface area (Å²) in [5.74, 6) is 0. The molecule has 2 aliphatic rings. The third-order valence-electron chi connectivity index (χ3n) is 2.81. The minimum atomic E-state index is 0.133. The van der Waals surface area contributed by atoms with Crippen LogP contribution >= 0.6 is 0 Å². The van der Waals surface area contributed by atoms with Crippen molar-refractivity contribution in [2.45, 2.75) is 6.04 Å². The minimum absolute atomic E-state index is 0.133. The van der Waals surface area contributed by atoms with Crippen LogP contribution < -0.4 is 5.32 Å². The fourth-order valence-electron chi connectivity index (χ4n) is 1.95. The molecule has 2 aliphatic heterocycles. The molecule has 85 valence electrons. The van der Waals surface area contributed by atoms with Gasteiger partial charge in [-0.3, -0.25) is 0 Å². The number of amides is 2. The molecule has 0 aliphatic carbocycles. The Morgan fingerprint density at radius 1 is 1.27 bits per heavy atom. The lowest BCUT2D eigenvalue weighted by atomic mass is 10.2. The number of piperazine rings is 1. The van der Waals surface area contributed by atoms with Crippen LogP contribution in [0.3, 0.4) is 0 Å². The molecule has 0 aromatic heterocycles. The summed E-state index contributed by atoms with van der Waals surface area (Å²) >= 11 is 0. The maximum atomic E-state index is 12.0. The largest absolute Gasteiger partial charge is 0.378 e. The third kappa shape index (κ3) is 2.60. The van der Waals surface area contributed by atoms with E-state index in [0.29, 0.717) is 32.8 Å². The molecule has 2 heterocycles. The summed E-state index contributed by atoms with van der Waals surface area (Å²) in [4.78, 5) is 15.8. The molecule has 1 atom stereocenters. The van der Waals surface area contributed by atoms with Gasteiger partial charge in [-0.2, -0.15) is 0 Å². The van der Waals surface area contributed by atoms with Crippen molar-refractivity contribution in [2.75, 3.05) is 45.9 Å². The van der Waals surface area contributed by atoms with E-state index in [9.17, 15) is 4.79 Å². The molecule has 2 fully saturated rings. The summed E-state index contributed by atoms with van der Waals surface area (Å²) in [6.07, 6.45) is 0. The number of nitrogens with one attached hydrogen (secondary N) is 1. The lowest BCUT2D eigenvalue weighted by Gasteiger charge is -2.37. The zero-order valence-corrected chi connectivity index (χ0v) is 8.95. The van der Waals surface area contributed by atoms with Crippen molar-refractivity contribution < 1.29 is 9.53 Å². The van der Waals surface area contributed by atoms with Crippen molar-refractivity contribution in [3.05, 3.63) is 6.92 Å². The van der Waals surface area contributed by atoms with Crippen LogP contribution in [0.1, 0.15) is 0 Å². The van der Waals surface area contributed by atoms with Gasteiger partial charge in [0.25, 0.3) is 0 Å². The van der Waals surface area contributed by atoms with E-state index in [1.165, 1.54) is 0 Å². The van der Waals surface area contributed by atoms with Gasteiger partial charge in [0, 0.05) is 38.8 Å². The van der Waals surface area contributed by atoms with Crippen LogP contribution in [0.5, 0.6) is 0 Å².